The fraction of sp³-hybridized carbons (Fsp3) is 0.529. The Morgan fingerprint density at radius 2 is 1.75 bits per heavy atom. The number of rotatable bonds is 6. The largest absolute Gasteiger partial charge is 0.425 e. The van der Waals surface area contributed by atoms with E-state index < -0.39 is 10.0 Å². The van der Waals surface area contributed by atoms with Crippen LogP contribution in [-0.2, 0) is 21.9 Å². The molecule has 1 aromatic carbocycles. The summed E-state index contributed by atoms with van der Waals surface area (Å²) in [5.41, 5.74) is 1.08. The van der Waals surface area contributed by atoms with Crippen LogP contribution in [0.4, 0.5) is 0 Å². The van der Waals surface area contributed by atoms with Crippen molar-refractivity contribution < 1.29 is 12.8 Å². The van der Waals surface area contributed by atoms with E-state index in [9.17, 15) is 8.42 Å². The minimum atomic E-state index is -3.54. The Labute approximate surface area is 143 Å². The normalized spacial score (nSPS) is 12.8. The van der Waals surface area contributed by atoms with Gasteiger partial charge in [0.2, 0.25) is 21.8 Å². The maximum absolute atomic E-state index is 12.3. The van der Waals surface area contributed by atoms with E-state index in [2.05, 4.69) is 35.7 Å². The molecule has 0 unspecified atom stereocenters. The van der Waals surface area contributed by atoms with Gasteiger partial charge in [-0.2, -0.15) is 0 Å². The standard InChI is InChI=1S/C17H25N3O3S/c1-12(2)16-20-19-15(23-16)10-11-18-24(21,22)14-8-6-13(7-9-14)17(3,4)5/h6-9,12,18H,10-11H2,1-5H3. The highest BCUT2D eigenvalue weighted by atomic mass is 32.2. The molecule has 1 heterocycles. The third-order valence-corrected chi connectivity index (χ3v) is 5.11. The van der Waals surface area contributed by atoms with E-state index in [-0.39, 0.29) is 22.8 Å². The van der Waals surface area contributed by atoms with Gasteiger partial charge in [0, 0.05) is 18.9 Å². The Morgan fingerprint density at radius 1 is 1.12 bits per heavy atom. The molecule has 1 aromatic heterocycles. The first-order chi connectivity index (χ1) is 11.1. The molecule has 0 fully saturated rings. The van der Waals surface area contributed by atoms with Crippen molar-refractivity contribution in [2.75, 3.05) is 6.54 Å². The number of benzene rings is 1. The van der Waals surface area contributed by atoms with Gasteiger partial charge in [-0.05, 0) is 23.1 Å². The third kappa shape index (κ3) is 4.64. The van der Waals surface area contributed by atoms with Crippen LogP contribution in [0.15, 0.2) is 33.6 Å². The average molecular weight is 351 g/mol. The maximum Gasteiger partial charge on any atom is 0.240 e. The molecule has 0 saturated carbocycles. The SMILES string of the molecule is CC(C)c1nnc(CCNS(=O)(=O)c2ccc(C(C)(C)C)cc2)o1. The van der Waals surface area contributed by atoms with Crippen molar-refractivity contribution in [3.8, 4) is 0 Å². The Balaban J connectivity index is 1.98. The molecule has 0 bridgehead atoms. The Bertz CT molecular complexity index is 772. The zero-order valence-corrected chi connectivity index (χ0v) is 15.6. The highest BCUT2D eigenvalue weighted by Gasteiger charge is 2.18. The first kappa shape index (κ1) is 18.6. The zero-order valence-electron chi connectivity index (χ0n) is 14.8. The number of nitrogens with one attached hydrogen (secondary N) is 1. The quantitative estimate of drug-likeness (QED) is 0.865. The molecule has 6 nitrogen and oxygen atoms in total. The minimum Gasteiger partial charge on any atom is -0.425 e. The molecular formula is C17H25N3O3S. The first-order valence-electron chi connectivity index (χ1n) is 8.02. The molecule has 7 heteroatoms. The fourth-order valence-corrected chi connectivity index (χ4v) is 3.14. The Morgan fingerprint density at radius 3 is 2.25 bits per heavy atom. The Hall–Kier alpha value is -1.73. The van der Waals surface area contributed by atoms with E-state index in [0.717, 1.165) is 5.56 Å². The lowest BCUT2D eigenvalue weighted by Gasteiger charge is -2.19. The molecule has 0 aliphatic rings. The maximum atomic E-state index is 12.3. The van der Waals surface area contributed by atoms with E-state index in [1.54, 1.807) is 12.1 Å². The summed E-state index contributed by atoms with van der Waals surface area (Å²) >= 11 is 0. The summed E-state index contributed by atoms with van der Waals surface area (Å²) in [5, 5.41) is 7.84. The summed E-state index contributed by atoms with van der Waals surface area (Å²) in [7, 11) is -3.54. The van der Waals surface area contributed by atoms with Crippen LogP contribution in [-0.4, -0.2) is 25.2 Å². The van der Waals surface area contributed by atoms with Gasteiger partial charge in [0.1, 0.15) is 0 Å². The van der Waals surface area contributed by atoms with Gasteiger partial charge < -0.3 is 4.42 Å². The van der Waals surface area contributed by atoms with Crippen molar-refractivity contribution in [2.24, 2.45) is 0 Å². The topological polar surface area (TPSA) is 85.1 Å². The van der Waals surface area contributed by atoms with Gasteiger partial charge in [0.05, 0.1) is 4.90 Å². The molecule has 0 aliphatic carbocycles. The van der Waals surface area contributed by atoms with Crippen LogP contribution < -0.4 is 4.72 Å². The van der Waals surface area contributed by atoms with Crippen molar-refractivity contribution >= 4 is 10.0 Å². The van der Waals surface area contributed by atoms with Crippen molar-refractivity contribution in [3.63, 3.8) is 0 Å². The molecule has 0 saturated heterocycles. The molecular weight excluding hydrogens is 326 g/mol. The van der Waals surface area contributed by atoms with Crippen molar-refractivity contribution in [2.45, 2.75) is 57.3 Å². The summed E-state index contributed by atoms with van der Waals surface area (Å²) in [6.07, 6.45) is 0.360. The summed E-state index contributed by atoms with van der Waals surface area (Å²) in [5.74, 6) is 1.15. The lowest BCUT2D eigenvalue weighted by molar-refractivity contribution is 0.431. The molecule has 2 aromatic rings. The highest BCUT2D eigenvalue weighted by Crippen LogP contribution is 2.23. The van der Waals surface area contributed by atoms with Gasteiger partial charge in [-0.1, -0.05) is 46.8 Å². The second-order valence-electron chi connectivity index (χ2n) is 7.11. The van der Waals surface area contributed by atoms with Crippen molar-refractivity contribution in [1.82, 2.24) is 14.9 Å². The van der Waals surface area contributed by atoms with E-state index in [1.165, 1.54) is 0 Å². The van der Waals surface area contributed by atoms with Crippen molar-refractivity contribution in [3.05, 3.63) is 41.6 Å². The molecule has 24 heavy (non-hydrogen) atoms. The predicted octanol–water partition coefficient (Wildman–Crippen LogP) is 3.01. The fourth-order valence-electron chi connectivity index (χ4n) is 2.11. The lowest BCUT2D eigenvalue weighted by atomic mass is 9.87. The van der Waals surface area contributed by atoms with Gasteiger partial charge in [-0.15, -0.1) is 10.2 Å². The molecule has 1 N–H and O–H groups in total. The van der Waals surface area contributed by atoms with Crippen molar-refractivity contribution in [1.29, 1.82) is 0 Å². The van der Waals surface area contributed by atoms with Crippen LogP contribution in [0.25, 0.3) is 0 Å². The second-order valence-corrected chi connectivity index (χ2v) is 8.88. The summed E-state index contributed by atoms with van der Waals surface area (Å²) in [6, 6.07) is 6.96. The minimum absolute atomic E-state index is 0.0121. The van der Waals surface area contributed by atoms with E-state index >= 15 is 0 Å². The van der Waals surface area contributed by atoms with E-state index in [1.807, 2.05) is 26.0 Å². The molecule has 132 valence electrons. The summed E-state index contributed by atoms with van der Waals surface area (Å²) in [4.78, 5) is 0.254. The second kappa shape index (κ2) is 7.03. The number of aromatic nitrogens is 2. The third-order valence-electron chi connectivity index (χ3n) is 3.64. The number of sulfonamides is 1. The van der Waals surface area contributed by atoms with Gasteiger partial charge in [0.15, 0.2) is 0 Å². The summed E-state index contributed by atoms with van der Waals surface area (Å²) in [6.45, 7) is 10.4. The predicted molar refractivity (Wildman–Crippen MR) is 92.4 cm³/mol. The average Bonchev–Trinajstić information content (AvgIpc) is 2.95. The van der Waals surface area contributed by atoms with Crippen LogP contribution in [0.3, 0.4) is 0 Å². The molecule has 0 aliphatic heterocycles. The molecule has 0 amide bonds. The number of nitrogens with zero attached hydrogens (tertiary/aromatic N) is 2. The molecule has 0 radical (unpaired) electrons. The molecule has 2 rings (SSSR count). The highest BCUT2D eigenvalue weighted by molar-refractivity contribution is 7.89. The number of hydrogen-bond acceptors (Lipinski definition) is 5. The monoisotopic (exact) mass is 351 g/mol. The van der Waals surface area contributed by atoms with Gasteiger partial charge in [-0.25, -0.2) is 13.1 Å². The number of hydrogen-bond donors (Lipinski definition) is 1. The van der Waals surface area contributed by atoms with E-state index in [4.69, 9.17) is 4.42 Å². The zero-order chi connectivity index (χ0) is 18.0. The smallest absolute Gasteiger partial charge is 0.240 e. The van der Waals surface area contributed by atoms with Crippen LogP contribution in [0, 0.1) is 0 Å². The van der Waals surface area contributed by atoms with Crippen LogP contribution in [0.2, 0.25) is 0 Å². The van der Waals surface area contributed by atoms with E-state index in [0.29, 0.717) is 18.2 Å². The molecule has 0 atom stereocenters. The first-order valence-corrected chi connectivity index (χ1v) is 9.50. The van der Waals surface area contributed by atoms with Gasteiger partial charge in [0.25, 0.3) is 0 Å². The molecule has 0 spiro atoms. The lowest BCUT2D eigenvalue weighted by Crippen LogP contribution is -2.26. The van der Waals surface area contributed by atoms with Crippen LogP contribution in [0.5, 0.6) is 0 Å². The Kier molecular flexibility index (Phi) is 5.45. The van der Waals surface area contributed by atoms with Gasteiger partial charge in [-0.3, -0.25) is 0 Å². The van der Waals surface area contributed by atoms with Crippen LogP contribution in [0.1, 0.15) is 57.9 Å². The van der Waals surface area contributed by atoms with Crippen LogP contribution >= 0.6 is 0 Å². The van der Waals surface area contributed by atoms with Gasteiger partial charge >= 0.3 is 0 Å². The summed E-state index contributed by atoms with van der Waals surface area (Å²) < 4.78 is 32.7.